The number of amides is 1. The lowest BCUT2D eigenvalue weighted by Gasteiger charge is -2.26. The van der Waals surface area contributed by atoms with E-state index in [9.17, 15) is 19.4 Å². The fourth-order valence-electron chi connectivity index (χ4n) is 6.29. The van der Waals surface area contributed by atoms with Crippen LogP contribution in [0.25, 0.3) is 0 Å². The van der Waals surface area contributed by atoms with E-state index in [-0.39, 0.29) is 25.5 Å². The molecule has 324 valence electrons. The lowest BCUT2D eigenvalue weighted by Crippen LogP contribution is -2.46. The van der Waals surface area contributed by atoms with Crippen LogP contribution < -0.4 is 5.32 Å². The highest BCUT2D eigenvalue weighted by Gasteiger charge is 2.36. The fraction of sp³-hybridized carbons (Fsp3) is 0.761. The summed E-state index contributed by atoms with van der Waals surface area (Å²) in [4.78, 5) is 23.1. The van der Waals surface area contributed by atoms with E-state index in [4.69, 9.17) is 13.8 Å². The number of hydrogen-bond donors (Lipinski definition) is 3. The Morgan fingerprint density at radius 2 is 1.20 bits per heavy atom. The van der Waals surface area contributed by atoms with Crippen LogP contribution in [0.4, 0.5) is 0 Å². The standard InChI is InChI=1S/C46H83N2O7P/c1-6-8-10-11-12-13-14-15-16-19-22-25-28-32-35-43(49)42(41-54-56(51,52)53-40-39-48(3,4)5)47-46(50)38-34-30-27-24-21-18-17-20-23-26-29-33-37-45-44(55-45)36-31-9-7-2/h9,18,20-21,23,27,29-31,33,42-45,49H,6-8,10-17,19,22,24-26,28,32,34-41H2,1-5H3,(H-,47,50,51,52)/p+1/b21-18-,23-20-,30-27-,31-9-,33-29-/t42-,43+,44?,45?/m0/s1. The SMILES string of the molecule is CC/C=C\CC1OC1C/C=C\C/C=C\C/C=C\C/C=C\CCC(=O)N[C@@H](COP(=O)(O)OCC[N+](C)(C)C)[C@H](O)CCCCCCCCCCCCCCCC. The second-order valence-corrected chi connectivity index (χ2v) is 17.9. The molecule has 0 radical (unpaired) electrons. The number of quaternary nitrogens is 1. The van der Waals surface area contributed by atoms with Gasteiger partial charge < -0.3 is 24.5 Å². The predicted octanol–water partition coefficient (Wildman–Crippen LogP) is 11.2. The molecule has 1 rings (SSSR count). The molecule has 1 heterocycles. The highest BCUT2D eigenvalue weighted by Crippen LogP contribution is 2.43. The zero-order valence-corrected chi connectivity index (χ0v) is 37.2. The number of nitrogens with one attached hydrogen (secondary N) is 1. The molecule has 0 aromatic heterocycles. The molecule has 1 fully saturated rings. The second kappa shape index (κ2) is 34.1. The number of epoxide rings is 1. The minimum absolute atomic E-state index is 0.0563. The molecule has 3 N–H and O–H groups in total. The molecule has 0 aromatic carbocycles. The van der Waals surface area contributed by atoms with E-state index in [0.29, 0.717) is 36.1 Å². The lowest BCUT2D eigenvalue weighted by atomic mass is 10.0. The molecular formula is C46H84N2O7P+. The van der Waals surface area contributed by atoms with Crippen LogP contribution in [-0.4, -0.2) is 85.6 Å². The Kier molecular flexibility index (Phi) is 31.7. The van der Waals surface area contributed by atoms with Crippen molar-refractivity contribution in [3.05, 3.63) is 60.8 Å². The molecule has 1 aliphatic rings. The highest BCUT2D eigenvalue weighted by molar-refractivity contribution is 7.47. The molecule has 1 saturated heterocycles. The summed E-state index contributed by atoms with van der Waals surface area (Å²) >= 11 is 0. The molecule has 1 aliphatic heterocycles. The van der Waals surface area contributed by atoms with E-state index in [1.54, 1.807) is 0 Å². The van der Waals surface area contributed by atoms with Crippen LogP contribution in [-0.2, 0) is 23.1 Å². The first-order valence-corrected chi connectivity index (χ1v) is 23.8. The monoisotopic (exact) mass is 808 g/mol. The Bertz CT molecular complexity index is 1160. The summed E-state index contributed by atoms with van der Waals surface area (Å²) in [5.74, 6) is -0.231. The third-order valence-corrected chi connectivity index (χ3v) is 10.9. The van der Waals surface area contributed by atoms with Crippen LogP contribution in [0.5, 0.6) is 0 Å². The van der Waals surface area contributed by atoms with Crippen molar-refractivity contribution in [2.75, 3.05) is 40.9 Å². The van der Waals surface area contributed by atoms with Crippen molar-refractivity contribution in [1.29, 1.82) is 0 Å². The average Bonchev–Trinajstić information content (AvgIpc) is 3.90. The first-order chi connectivity index (χ1) is 27.0. The number of unbranched alkanes of at least 4 members (excludes halogenated alkanes) is 13. The summed E-state index contributed by atoms with van der Waals surface area (Å²) in [5.41, 5.74) is 0. The summed E-state index contributed by atoms with van der Waals surface area (Å²) in [6.07, 6.45) is 45.8. The highest BCUT2D eigenvalue weighted by atomic mass is 31.2. The van der Waals surface area contributed by atoms with E-state index in [1.807, 2.05) is 33.3 Å². The number of ether oxygens (including phenoxy) is 1. The van der Waals surface area contributed by atoms with Gasteiger partial charge in [-0.05, 0) is 51.4 Å². The maximum absolute atomic E-state index is 12.9. The molecular weight excluding hydrogens is 723 g/mol. The largest absolute Gasteiger partial charge is 0.472 e. The van der Waals surface area contributed by atoms with E-state index < -0.39 is 20.0 Å². The quantitative estimate of drug-likeness (QED) is 0.0187. The summed E-state index contributed by atoms with van der Waals surface area (Å²) in [6, 6.07) is -0.806. The number of aliphatic hydroxyl groups is 1. The van der Waals surface area contributed by atoms with Gasteiger partial charge in [-0.1, -0.05) is 164 Å². The Balaban J connectivity index is 2.34. The van der Waals surface area contributed by atoms with Crippen molar-refractivity contribution in [2.45, 2.75) is 186 Å². The van der Waals surface area contributed by atoms with Crippen molar-refractivity contribution in [1.82, 2.24) is 5.32 Å². The van der Waals surface area contributed by atoms with Gasteiger partial charge in [0.2, 0.25) is 5.91 Å². The number of nitrogens with zero attached hydrogens (tertiary/aromatic N) is 1. The normalized spacial score (nSPS) is 18.6. The fourth-order valence-corrected chi connectivity index (χ4v) is 7.02. The zero-order valence-electron chi connectivity index (χ0n) is 36.3. The van der Waals surface area contributed by atoms with Crippen molar-refractivity contribution < 1.29 is 37.6 Å². The van der Waals surface area contributed by atoms with E-state index in [2.05, 4.69) is 67.8 Å². The topological polar surface area (TPSA) is 118 Å². The molecule has 0 aromatic rings. The summed E-state index contributed by atoms with van der Waals surface area (Å²) in [7, 11) is 1.55. The third kappa shape index (κ3) is 33.2. The molecule has 10 heteroatoms. The molecule has 56 heavy (non-hydrogen) atoms. The molecule has 0 aliphatic carbocycles. The van der Waals surface area contributed by atoms with E-state index >= 15 is 0 Å². The van der Waals surface area contributed by atoms with Crippen molar-refractivity contribution in [3.63, 3.8) is 0 Å². The smallest absolute Gasteiger partial charge is 0.391 e. The van der Waals surface area contributed by atoms with Gasteiger partial charge in [-0.2, -0.15) is 0 Å². The number of likely N-dealkylation sites (N-methyl/N-ethyl adjacent to an activating group) is 1. The van der Waals surface area contributed by atoms with Crippen LogP contribution in [0.3, 0.4) is 0 Å². The average molecular weight is 808 g/mol. The number of allylic oxidation sites excluding steroid dienone is 8. The lowest BCUT2D eigenvalue weighted by molar-refractivity contribution is -0.870. The maximum atomic E-state index is 12.9. The molecule has 5 atom stereocenters. The molecule has 3 unspecified atom stereocenters. The first kappa shape index (κ1) is 52.2. The van der Waals surface area contributed by atoms with Gasteiger partial charge in [-0.25, -0.2) is 4.57 Å². The summed E-state index contributed by atoms with van der Waals surface area (Å²) in [5, 5.41) is 13.9. The third-order valence-electron chi connectivity index (χ3n) is 9.95. The molecule has 9 nitrogen and oxygen atoms in total. The van der Waals surface area contributed by atoms with Crippen LogP contribution in [0.1, 0.15) is 162 Å². The van der Waals surface area contributed by atoms with Crippen LogP contribution in [0.2, 0.25) is 0 Å². The van der Waals surface area contributed by atoms with Crippen LogP contribution in [0.15, 0.2) is 60.8 Å². The van der Waals surface area contributed by atoms with Gasteiger partial charge in [-0.15, -0.1) is 0 Å². The van der Waals surface area contributed by atoms with Gasteiger partial charge in [0, 0.05) is 6.42 Å². The number of rotatable bonds is 38. The molecule has 0 spiro atoms. The second-order valence-electron chi connectivity index (χ2n) is 16.4. The zero-order chi connectivity index (χ0) is 41.2. The first-order valence-electron chi connectivity index (χ1n) is 22.3. The Hall–Kier alpha value is -1.84. The van der Waals surface area contributed by atoms with Gasteiger partial charge in [0.05, 0.1) is 52.1 Å². The van der Waals surface area contributed by atoms with Gasteiger partial charge in [0.1, 0.15) is 13.2 Å². The Labute approximate surface area is 343 Å². The molecule has 0 saturated carbocycles. The van der Waals surface area contributed by atoms with Crippen LogP contribution in [0, 0.1) is 0 Å². The predicted molar refractivity (Wildman–Crippen MR) is 234 cm³/mol. The molecule has 1 amide bonds. The van der Waals surface area contributed by atoms with Crippen molar-refractivity contribution >= 4 is 13.7 Å². The molecule has 0 bridgehead atoms. The minimum atomic E-state index is -4.34. The van der Waals surface area contributed by atoms with E-state index in [0.717, 1.165) is 57.8 Å². The van der Waals surface area contributed by atoms with Gasteiger partial charge in [-0.3, -0.25) is 13.8 Å². The number of aliphatic hydroxyl groups excluding tert-OH is 1. The minimum Gasteiger partial charge on any atom is -0.391 e. The number of carbonyl (C=O) groups is 1. The van der Waals surface area contributed by atoms with Gasteiger partial charge in [0.25, 0.3) is 0 Å². The number of carbonyl (C=O) groups excluding carboxylic acids is 1. The van der Waals surface area contributed by atoms with Crippen molar-refractivity contribution in [2.24, 2.45) is 0 Å². The number of phosphoric ester groups is 1. The Morgan fingerprint density at radius 3 is 1.71 bits per heavy atom. The summed E-state index contributed by atoms with van der Waals surface area (Å²) in [6.45, 7) is 4.69. The van der Waals surface area contributed by atoms with Crippen molar-refractivity contribution in [3.8, 4) is 0 Å². The number of phosphoric acid groups is 1. The Morgan fingerprint density at radius 1 is 0.714 bits per heavy atom. The number of hydrogen-bond acceptors (Lipinski definition) is 6. The van der Waals surface area contributed by atoms with Crippen LogP contribution >= 0.6 is 7.82 Å². The maximum Gasteiger partial charge on any atom is 0.472 e. The van der Waals surface area contributed by atoms with Gasteiger partial charge >= 0.3 is 7.82 Å². The van der Waals surface area contributed by atoms with Gasteiger partial charge in [0.15, 0.2) is 0 Å². The summed E-state index contributed by atoms with van der Waals surface area (Å²) < 4.78 is 29.3. The van der Waals surface area contributed by atoms with E-state index in [1.165, 1.54) is 70.6 Å².